The Morgan fingerprint density at radius 1 is 0.615 bits per heavy atom. The molecule has 0 radical (unpaired) electrons. The van der Waals surface area contributed by atoms with Crippen LogP contribution in [0.15, 0.2) is 91.0 Å². The van der Waals surface area contributed by atoms with Gasteiger partial charge in [-0.15, -0.1) is 0 Å². The van der Waals surface area contributed by atoms with Crippen molar-refractivity contribution >= 4 is 23.2 Å². The molecule has 3 aromatic carbocycles. The molecule has 0 N–H and O–H groups in total. The Hall–Kier alpha value is -1.99. The summed E-state index contributed by atoms with van der Waals surface area (Å²) in [5.74, 6) is 0. The van der Waals surface area contributed by atoms with E-state index in [0.29, 0.717) is 0 Å². The Bertz CT molecular complexity index is 703. The fraction of sp³-hybridized carbons (Fsp3) is 0.217. The molecule has 1 aliphatic rings. The van der Waals surface area contributed by atoms with Crippen LogP contribution >= 0.6 is 7.26 Å². The van der Waals surface area contributed by atoms with Gasteiger partial charge in [-0.05, 0) is 0 Å². The molecular weight excluding hydrogens is 339 g/mol. The summed E-state index contributed by atoms with van der Waals surface area (Å²) in [6.07, 6.45) is 1.73. The first-order valence-electron chi connectivity index (χ1n) is 9.29. The van der Waals surface area contributed by atoms with Gasteiger partial charge in [0.25, 0.3) is 0 Å². The predicted octanol–water partition coefficient (Wildman–Crippen LogP) is 3.48. The Morgan fingerprint density at radius 2 is 1.00 bits per heavy atom. The van der Waals surface area contributed by atoms with Crippen LogP contribution < -0.4 is 15.9 Å². The molecule has 0 saturated carbocycles. The van der Waals surface area contributed by atoms with E-state index >= 15 is 0 Å². The van der Waals surface area contributed by atoms with E-state index < -0.39 is 7.26 Å². The summed E-state index contributed by atoms with van der Waals surface area (Å²) in [6.45, 7) is 1.57. The van der Waals surface area contributed by atoms with E-state index in [1.165, 1.54) is 15.9 Å². The maximum atomic E-state index is 6.01. The summed E-state index contributed by atoms with van der Waals surface area (Å²) in [5, 5.41) is 4.19. The van der Waals surface area contributed by atoms with Gasteiger partial charge < -0.3 is 0 Å². The van der Waals surface area contributed by atoms with Crippen LogP contribution in [0, 0.1) is 0 Å². The second-order valence-electron chi connectivity index (χ2n) is 6.73. The molecule has 134 valence electrons. The fourth-order valence-corrected chi connectivity index (χ4v) is 8.65. The average molecular weight is 364 g/mol. The van der Waals surface area contributed by atoms with Crippen molar-refractivity contribution in [1.82, 2.24) is 0 Å². The van der Waals surface area contributed by atoms with Crippen LogP contribution in [0.25, 0.3) is 0 Å². The summed E-state index contributed by atoms with van der Waals surface area (Å²) in [5.41, 5.74) is 0. The molecule has 1 saturated heterocycles. The zero-order valence-corrected chi connectivity index (χ0v) is 15.9. The van der Waals surface area contributed by atoms with Crippen LogP contribution in [-0.2, 0) is 9.47 Å². The molecule has 0 bridgehead atoms. The molecule has 3 aromatic rings. The minimum absolute atomic E-state index is 0.143. The van der Waals surface area contributed by atoms with Gasteiger partial charge in [0, 0.05) is 0 Å². The molecule has 2 nitrogen and oxygen atoms in total. The first-order valence-corrected chi connectivity index (χ1v) is 11.5. The van der Waals surface area contributed by atoms with Gasteiger partial charge in [0.05, 0.1) is 0 Å². The quantitative estimate of drug-likeness (QED) is 0.646. The summed E-state index contributed by atoms with van der Waals surface area (Å²) in [7, 11) is -2.26. The van der Waals surface area contributed by atoms with Gasteiger partial charge in [0.2, 0.25) is 0 Å². The molecule has 26 heavy (non-hydrogen) atoms. The van der Waals surface area contributed by atoms with E-state index in [-0.39, 0.29) is 6.29 Å². The minimum atomic E-state index is -2.26. The molecule has 1 fully saturated rings. The Labute approximate surface area is 156 Å². The Balaban J connectivity index is 1.90. The molecule has 3 heteroatoms. The van der Waals surface area contributed by atoms with Crippen molar-refractivity contribution in [2.45, 2.75) is 12.7 Å². The average Bonchev–Trinajstić information content (AvgIpc) is 2.75. The van der Waals surface area contributed by atoms with Crippen LogP contribution in [0.1, 0.15) is 6.42 Å². The van der Waals surface area contributed by atoms with Crippen molar-refractivity contribution in [2.24, 2.45) is 0 Å². The van der Waals surface area contributed by atoms with Crippen molar-refractivity contribution in [1.29, 1.82) is 0 Å². The second-order valence-corrected chi connectivity index (χ2v) is 10.7. The van der Waals surface area contributed by atoms with E-state index in [2.05, 4.69) is 91.0 Å². The third-order valence-corrected chi connectivity index (χ3v) is 10.1. The van der Waals surface area contributed by atoms with Crippen molar-refractivity contribution in [3.8, 4) is 0 Å². The van der Waals surface area contributed by atoms with Crippen LogP contribution in [0.3, 0.4) is 0 Å². The van der Waals surface area contributed by atoms with Gasteiger partial charge >= 0.3 is 156 Å². The van der Waals surface area contributed by atoms with Crippen molar-refractivity contribution in [3.05, 3.63) is 91.0 Å². The predicted molar refractivity (Wildman–Crippen MR) is 112 cm³/mol. The third-order valence-electron chi connectivity index (χ3n) is 5.17. The molecule has 4 rings (SSSR count). The second kappa shape index (κ2) is 8.14. The van der Waals surface area contributed by atoms with Gasteiger partial charge in [-0.3, -0.25) is 0 Å². The van der Waals surface area contributed by atoms with Gasteiger partial charge in [0.1, 0.15) is 0 Å². The van der Waals surface area contributed by atoms with Crippen LogP contribution in [-0.4, -0.2) is 25.7 Å². The SMILES string of the molecule is c1ccc([PH](CC2OCCCO2)(c2ccccc2)c2ccccc2)cc1. The summed E-state index contributed by atoms with van der Waals surface area (Å²) in [4.78, 5) is 0. The normalized spacial score (nSPS) is 16.3. The first kappa shape index (κ1) is 17.4. The van der Waals surface area contributed by atoms with E-state index in [4.69, 9.17) is 9.47 Å². The number of ether oxygens (including phenoxy) is 2. The topological polar surface area (TPSA) is 18.5 Å². The number of hydrogen-bond donors (Lipinski definition) is 0. The maximum absolute atomic E-state index is 6.01. The summed E-state index contributed by atoms with van der Waals surface area (Å²) < 4.78 is 12.0. The van der Waals surface area contributed by atoms with Crippen LogP contribution in [0.5, 0.6) is 0 Å². The Morgan fingerprint density at radius 3 is 1.38 bits per heavy atom. The molecular formula is C23H25O2P. The number of benzene rings is 3. The van der Waals surface area contributed by atoms with E-state index in [0.717, 1.165) is 25.8 Å². The third kappa shape index (κ3) is 3.46. The van der Waals surface area contributed by atoms with Gasteiger partial charge in [-0.1, -0.05) is 0 Å². The Kier molecular flexibility index (Phi) is 5.45. The van der Waals surface area contributed by atoms with Crippen LogP contribution in [0.2, 0.25) is 0 Å². The zero-order chi connectivity index (χ0) is 17.7. The monoisotopic (exact) mass is 364 g/mol. The zero-order valence-electron chi connectivity index (χ0n) is 14.9. The van der Waals surface area contributed by atoms with Crippen molar-refractivity contribution in [2.75, 3.05) is 19.4 Å². The molecule has 0 spiro atoms. The fourth-order valence-electron chi connectivity index (χ4n) is 3.93. The van der Waals surface area contributed by atoms with Gasteiger partial charge in [-0.2, -0.15) is 0 Å². The first-order chi connectivity index (χ1) is 12.9. The van der Waals surface area contributed by atoms with Crippen LogP contribution in [0.4, 0.5) is 0 Å². The molecule has 0 unspecified atom stereocenters. The molecule has 1 aliphatic heterocycles. The van der Waals surface area contributed by atoms with E-state index in [1.54, 1.807) is 0 Å². The van der Waals surface area contributed by atoms with E-state index in [1.807, 2.05) is 0 Å². The molecule has 1 heterocycles. The molecule has 0 aliphatic carbocycles. The number of hydrogen-bond acceptors (Lipinski definition) is 2. The standard InChI is InChI=1S/C23H25O2P/c1-4-11-20(12-5-1)26(21-13-6-2-7-14-21,22-15-8-3-9-16-22)19-23-24-17-10-18-25-23/h1-9,11-16,23,26H,10,17-19H2. The van der Waals surface area contributed by atoms with Gasteiger partial charge in [0.15, 0.2) is 0 Å². The molecule has 0 amide bonds. The molecule has 0 atom stereocenters. The number of rotatable bonds is 5. The van der Waals surface area contributed by atoms with Crippen molar-refractivity contribution < 1.29 is 9.47 Å². The molecule has 0 aromatic heterocycles. The van der Waals surface area contributed by atoms with E-state index in [9.17, 15) is 0 Å². The summed E-state index contributed by atoms with van der Waals surface area (Å²) in [6, 6.07) is 32.8. The van der Waals surface area contributed by atoms with Gasteiger partial charge in [-0.25, -0.2) is 0 Å². The summed E-state index contributed by atoms with van der Waals surface area (Å²) >= 11 is 0. The van der Waals surface area contributed by atoms with Crippen molar-refractivity contribution in [3.63, 3.8) is 0 Å².